The van der Waals surface area contributed by atoms with Gasteiger partial charge in [-0.3, -0.25) is 24.5 Å². The average molecular weight is 922 g/mol. The lowest BCUT2D eigenvalue weighted by Crippen LogP contribution is -2.60. The highest BCUT2D eigenvalue weighted by atomic mass is 19.4. The van der Waals surface area contributed by atoms with E-state index in [0.717, 1.165) is 81.0 Å². The molecule has 5 saturated heterocycles. The fraction of sp³-hybridized carbons (Fsp3) is 0.510. The number of piperidine rings is 3. The Balaban J connectivity index is 0.701. The van der Waals surface area contributed by atoms with Crippen molar-refractivity contribution in [1.29, 1.82) is 0 Å². The van der Waals surface area contributed by atoms with Gasteiger partial charge in [0.05, 0.1) is 44.7 Å². The third-order valence-corrected chi connectivity index (χ3v) is 15.8. The Morgan fingerprint density at radius 3 is 2.31 bits per heavy atom. The smallest absolute Gasteiger partial charge is 0.416 e. The van der Waals surface area contributed by atoms with Crippen LogP contribution < -0.4 is 24.8 Å². The molecular formula is C49H54F3N9O6. The molecule has 18 heteroatoms. The molecule has 3 aromatic carbocycles. The van der Waals surface area contributed by atoms with E-state index in [1.54, 1.807) is 30.5 Å². The van der Waals surface area contributed by atoms with Crippen LogP contribution in [0.15, 0.2) is 54.9 Å². The number of aromatic nitrogens is 3. The molecule has 67 heavy (non-hydrogen) atoms. The third kappa shape index (κ3) is 7.59. The molecule has 0 aliphatic carbocycles. The highest BCUT2D eigenvalue weighted by Gasteiger charge is 2.48. The summed E-state index contributed by atoms with van der Waals surface area (Å²) in [5, 5.41) is 10.6. The fourth-order valence-electron chi connectivity index (χ4n) is 11.8. The highest BCUT2D eigenvalue weighted by molar-refractivity contribution is 6.11. The summed E-state index contributed by atoms with van der Waals surface area (Å²) < 4.78 is 57.9. The van der Waals surface area contributed by atoms with Gasteiger partial charge in [-0.2, -0.15) is 13.2 Å². The number of methoxy groups -OCH3 is 1. The first-order valence-corrected chi connectivity index (χ1v) is 23.4. The monoisotopic (exact) mass is 921 g/mol. The van der Waals surface area contributed by atoms with E-state index in [9.17, 15) is 32.3 Å². The Kier molecular flexibility index (Phi) is 10.6. The normalized spacial score (nSPS) is 22.8. The lowest BCUT2D eigenvalue weighted by atomic mass is 9.71. The first-order chi connectivity index (χ1) is 32.2. The fourth-order valence-corrected chi connectivity index (χ4v) is 11.8. The van der Waals surface area contributed by atoms with Crippen molar-refractivity contribution in [1.82, 2.24) is 29.9 Å². The molecule has 5 fully saturated rings. The van der Waals surface area contributed by atoms with E-state index >= 15 is 0 Å². The summed E-state index contributed by atoms with van der Waals surface area (Å²) >= 11 is 0. The molecular weight excluding hydrogens is 868 g/mol. The summed E-state index contributed by atoms with van der Waals surface area (Å²) in [7, 11) is 3.50. The molecule has 8 heterocycles. The van der Waals surface area contributed by atoms with Gasteiger partial charge in [0.1, 0.15) is 23.9 Å². The van der Waals surface area contributed by atoms with Gasteiger partial charge in [-0.05, 0) is 98.6 Å². The quantitative estimate of drug-likeness (QED) is 0.213. The number of nitrogens with zero attached hydrogens (tertiary/aromatic N) is 8. The van der Waals surface area contributed by atoms with Gasteiger partial charge >= 0.3 is 6.18 Å². The number of alkyl halides is 3. The molecule has 0 saturated carbocycles. The lowest BCUT2D eigenvalue weighted by molar-refractivity contribution is -0.138. The molecule has 4 aromatic rings. The number of benzene rings is 3. The molecule has 0 radical (unpaired) electrons. The van der Waals surface area contributed by atoms with Gasteiger partial charge in [0.15, 0.2) is 0 Å². The Morgan fingerprint density at radius 2 is 1.64 bits per heavy atom. The van der Waals surface area contributed by atoms with Crippen LogP contribution in [0.2, 0.25) is 0 Å². The van der Waals surface area contributed by atoms with Crippen LogP contribution in [0.4, 0.5) is 30.2 Å². The van der Waals surface area contributed by atoms with Crippen molar-refractivity contribution in [2.45, 2.75) is 75.7 Å². The first kappa shape index (κ1) is 43.6. The minimum atomic E-state index is -4.62. The van der Waals surface area contributed by atoms with E-state index in [1.807, 2.05) is 46.8 Å². The van der Waals surface area contributed by atoms with Crippen LogP contribution in [-0.4, -0.2) is 120 Å². The predicted molar refractivity (Wildman–Crippen MR) is 240 cm³/mol. The molecule has 1 N–H and O–H groups in total. The van der Waals surface area contributed by atoms with Crippen molar-refractivity contribution in [2.75, 3.05) is 80.8 Å². The van der Waals surface area contributed by atoms with E-state index in [0.29, 0.717) is 67.8 Å². The maximum Gasteiger partial charge on any atom is 0.416 e. The molecule has 15 nitrogen and oxygen atoms in total. The van der Waals surface area contributed by atoms with Crippen LogP contribution in [0, 0.1) is 11.3 Å². The molecule has 1 atom stereocenters. The SMILES string of the molecule is COc1c(N2CCC(CN3CCC4(CC3)CN(c3cc5c(c(C(F)(F)F)c3)CN(c3cccc(C6(Cc7nncn7C)COC6)c3)C5=O)C4)CC2)ccc2c1CN(C1CCC(=O)NC1=O)C2=O. The number of carbonyl (C=O) groups excluding carboxylic acids is 4. The second kappa shape index (κ2) is 16.4. The minimum Gasteiger partial charge on any atom is -0.494 e. The summed E-state index contributed by atoms with van der Waals surface area (Å²) in [6.45, 7) is 6.87. The predicted octanol–water partition coefficient (Wildman–Crippen LogP) is 5.09. The molecule has 11 rings (SSSR count). The first-order valence-electron chi connectivity index (χ1n) is 23.4. The van der Waals surface area contributed by atoms with Gasteiger partial charge in [0.2, 0.25) is 11.8 Å². The number of likely N-dealkylation sites (tertiary alicyclic amines) is 1. The van der Waals surface area contributed by atoms with Crippen molar-refractivity contribution in [3.8, 4) is 5.75 Å². The number of hydrogen-bond donors (Lipinski definition) is 1. The van der Waals surface area contributed by atoms with E-state index < -0.39 is 29.6 Å². The van der Waals surface area contributed by atoms with E-state index in [4.69, 9.17) is 9.47 Å². The number of carbonyl (C=O) groups is 4. The number of anilines is 3. The summed E-state index contributed by atoms with van der Waals surface area (Å²) in [4.78, 5) is 61.7. The Morgan fingerprint density at radius 1 is 0.866 bits per heavy atom. The summed E-state index contributed by atoms with van der Waals surface area (Å²) in [6.07, 6.45) is 2.03. The zero-order valence-corrected chi connectivity index (χ0v) is 37.7. The van der Waals surface area contributed by atoms with Crippen molar-refractivity contribution < 1.29 is 41.8 Å². The number of nitrogens with one attached hydrogen (secondary N) is 1. The second-order valence-corrected chi connectivity index (χ2v) is 19.9. The molecule has 352 valence electrons. The maximum atomic E-state index is 14.8. The van der Waals surface area contributed by atoms with Crippen LogP contribution >= 0.6 is 0 Å². The topological polar surface area (TPSA) is 146 Å². The van der Waals surface area contributed by atoms with Crippen molar-refractivity contribution in [3.05, 3.63) is 94.1 Å². The van der Waals surface area contributed by atoms with Crippen molar-refractivity contribution in [2.24, 2.45) is 18.4 Å². The summed E-state index contributed by atoms with van der Waals surface area (Å²) in [6, 6.07) is 13.5. The van der Waals surface area contributed by atoms with Gasteiger partial charge in [0.25, 0.3) is 11.8 Å². The van der Waals surface area contributed by atoms with Crippen LogP contribution in [-0.2, 0) is 52.5 Å². The maximum absolute atomic E-state index is 14.8. The van der Waals surface area contributed by atoms with E-state index in [2.05, 4.69) is 25.3 Å². The number of imide groups is 1. The largest absolute Gasteiger partial charge is 0.494 e. The summed E-state index contributed by atoms with van der Waals surface area (Å²) in [5.74, 6) is 0.554. The molecule has 7 aliphatic heterocycles. The number of ether oxygens (including phenoxy) is 2. The van der Waals surface area contributed by atoms with E-state index in [1.165, 1.54) is 11.0 Å². The summed E-state index contributed by atoms with van der Waals surface area (Å²) in [5.41, 5.74) is 3.21. The van der Waals surface area contributed by atoms with Crippen LogP contribution in [0.5, 0.6) is 5.75 Å². The number of halogens is 3. The number of fused-ring (bicyclic) bond motifs is 2. The van der Waals surface area contributed by atoms with Crippen molar-refractivity contribution >= 4 is 40.7 Å². The zero-order valence-electron chi connectivity index (χ0n) is 37.7. The van der Waals surface area contributed by atoms with Crippen molar-refractivity contribution in [3.63, 3.8) is 0 Å². The molecule has 7 aliphatic rings. The van der Waals surface area contributed by atoms with Gasteiger partial charge in [-0.1, -0.05) is 12.1 Å². The van der Waals surface area contributed by atoms with Crippen LogP contribution in [0.3, 0.4) is 0 Å². The lowest BCUT2D eigenvalue weighted by Gasteiger charge is -2.55. The molecule has 4 amide bonds. The number of amides is 4. The Bertz CT molecular complexity index is 2660. The van der Waals surface area contributed by atoms with Gasteiger partial charge in [-0.15, -0.1) is 10.2 Å². The van der Waals surface area contributed by atoms with Gasteiger partial charge < -0.3 is 38.5 Å². The number of hydrogen-bond acceptors (Lipinski definition) is 11. The Hall–Kier alpha value is -6.01. The zero-order chi connectivity index (χ0) is 46.4. The van der Waals surface area contributed by atoms with Gasteiger partial charge in [-0.25, -0.2) is 0 Å². The highest BCUT2D eigenvalue weighted by Crippen LogP contribution is 2.48. The second-order valence-electron chi connectivity index (χ2n) is 19.9. The van der Waals surface area contributed by atoms with Crippen LogP contribution in [0.25, 0.3) is 0 Å². The minimum absolute atomic E-state index is 0.0167. The standard InChI is InChI=1S/C49H54F3N9O6/c1-56-29-53-55-41(56)21-48(27-67-28-48)31-4-3-5-32(18-31)60-23-36-35(46(60)65)19-33(20-38(36)49(50,51)52)59-25-47(26-59)12-16-57(17-13-47)22-30-10-14-58(15-11-30)39-7-6-34-37(43(39)66-2)24-61(45(34)64)40-8-9-42(62)54-44(40)63/h3-7,18-20,29-30,40H,8-17,21-28H2,1-2H3,(H,54,62,63). The molecule has 1 unspecified atom stereocenters. The van der Waals surface area contributed by atoms with Crippen LogP contribution in [0.1, 0.15) is 87.3 Å². The number of rotatable bonds is 10. The molecule has 1 aromatic heterocycles. The Labute approximate surface area is 386 Å². The van der Waals surface area contributed by atoms with E-state index in [-0.39, 0.29) is 53.3 Å². The number of aryl methyl sites for hydroxylation is 1. The molecule has 1 spiro atoms. The third-order valence-electron chi connectivity index (χ3n) is 15.8. The average Bonchev–Trinajstić information content (AvgIpc) is 3.97. The molecule has 0 bridgehead atoms. The van der Waals surface area contributed by atoms with Gasteiger partial charge in [0, 0.05) is 91.5 Å².